The quantitative estimate of drug-likeness (QED) is 0.879. The lowest BCUT2D eigenvalue weighted by Gasteiger charge is -2.22. The van der Waals surface area contributed by atoms with Crippen LogP contribution in [-0.2, 0) is 11.2 Å². The van der Waals surface area contributed by atoms with Crippen LogP contribution in [0.2, 0.25) is 0 Å². The Kier molecular flexibility index (Phi) is 4.58. The lowest BCUT2D eigenvalue weighted by molar-refractivity contribution is -0.122. The molecule has 6 heteroatoms. The lowest BCUT2D eigenvalue weighted by atomic mass is 10.0. The molecule has 0 aromatic carbocycles. The van der Waals surface area contributed by atoms with E-state index in [1.807, 2.05) is 31.4 Å². The number of nitrogens with zero attached hydrogens (tertiary/aromatic N) is 3. The Balaban J connectivity index is 1.63. The first-order chi connectivity index (χ1) is 11.4. The van der Waals surface area contributed by atoms with Crippen LogP contribution < -0.4 is 5.32 Å². The molecular formula is C18H26N4O2. The molecule has 0 spiro atoms. The van der Waals surface area contributed by atoms with Crippen molar-refractivity contribution in [2.75, 3.05) is 6.54 Å². The van der Waals surface area contributed by atoms with E-state index in [0.29, 0.717) is 19.4 Å². The summed E-state index contributed by atoms with van der Waals surface area (Å²) in [5.41, 5.74) is 4.13. The van der Waals surface area contributed by atoms with E-state index in [4.69, 9.17) is 0 Å². The zero-order valence-corrected chi connectivity index (χ0v) is 14.7. The molecular weight excluding hydrogens is 304 g/mol. The number of carbonyl (C=O) groups excluding carboxylic acids is 1. The number of nitrogens with one attached hydrogen (secondary N) is 1. The second-order valence-electron chi connectivity index (χ2n) is 7.03. The molecule has 2 heterocycles. The van der Waals surface area contributed by atoms with Crippen molar-refractivity contribution < 1.29 is 9.90 Å². The Morgan fingerprint density at radius 1 is 1.33 bits per heavy atom. The summed E-state index contributed by atoms with van der Waals surface area (Å²) in [6.07, 6.45) is 4.67. The molecule has 0 atom stereocenters. The average Bonchev–Trinajstić information content (AvgIpc) is 3.11. The van der Waals surface area contributed by atoms with E-state index in [2.05, 4.69) is 15.4 Å². The Labute approximate surface area is 142 Å². The summed E-state index contributed by atoms with van der Waals surface area (Å²) in [6.45, 7) is 6.30. The number of fused-ring (bicyclic) bond motifs is 1. The van der Waals surface area contributed by atoms with Crippen molar-refractivity contribution in [3.05, 3.63) is 28.7 Å². The third kappa shape index (κ3) is 3.43. The van der Waals surface area contributed by atoms with E-state index >= 15 is 0 Å². The molecule has 1 fully saturated rings. The van der Waals surface area contributed by atoms with Crippen molar-refractivity contribution in [2.24, 2.45) is 0 Å². The smallest absolute Gasteiger partial charge is 0.220 e. The molecule has 2 N–H and O–H groups in total. The van der Waals surface area contributed by atoms with Crippen LogP contribution in [0.15, 0.2) is 6.07 Å². The molecule has 0 radical (unpaired) electrons. The van der Waals surface area contributed by atoms with Gasteiger partial charge >= 0.3 is 0 Å². The number of carbonyl (C=O) groups is 1. The fourth-order valence-corrected chi connectivity index (χ4v) is 3.60. The third-order valence-corrected chi connectivity index (χ3v) is 5.04. The molecule has 1 aliphatic carbocycles. The van der Waals surface area contributed by atoms with Gasteiger partial charge in [-0.05, 0) is 45.6 Å². The topological polar surface area (TPSA) is 79.5 Å². The van der Waals surface area contributed by atoms with Crippen LogP contribution >= 0.6 is 0 Å². The van der Waals surface area contributed by atoms with Crippen LogP contribution in [0.3, 0.4) is 0 Å². The summed E-state index contributed by atoms with van der Waals surface area (Å²) in [4.78, 5) is 16.7. The van der Waals surface area contributed by atoms with Gasteiger partial charge in [0.1, 0.15) is 0 Å². The second kappa shape index (κ2) is 6.51. The highest BCUT2D eigenvalue weighted by Crippen LogP contribution is 2.28. The molecule has 0 unspecified atom stereocenters. The van der Waals surface area contributed by atoms with E-state index in [9.17, 15) is 9.90 Å². The van der Waals surface area contributed by atoms with Gasteiger partial charge in [0.05, 0.1) is 11.3 Å². The third-order valence-electron chi connectivity index (χ3n) is 5.04. The van der Waals surface area contributed by atoms with Crippen molar-refractivity contribution >= 4 is 11.6 Å². The van der Waals surface area contributed by atoms with Gasteiger partial charge in [0, 0.05) is 30.4 Å². The minimum Gasteiger partial charge on any atom is -0.388 e. The van der Waals surface area contributed by atoms with Gasteiger partial charge in [-0.3, -0.25) is 4.79 Å². The van der Waals surface area contributed by atoms with Gasteiger partial charge in [-0.1, -0.05) is 12.8 Å². The molecule has 3 rings (SSSR count). The fraction of sp³-hybridized carbons (Fsp3) is 0.611. The van der Waals surface area contributed by atoms with E-state index in [0.717, 1.165) is 54.0 Å². The highest BCUT2D eigenvalue weighted by molar-refractivity contribution is 5.76. The van der Waals surface area contributed by atoms with E-state index in [-0.39, 0.29) is 5.91 Å². The van der Waals surface area contributed by atoms with Crippen molar-refractivity contribution in [3.8, 4) is 0 Å². The summed E-state index contributed by atoms with van der Waals surface area (Å²) in [5, 5.41) is 17.6. The Morgan fingerprint density at radius 3 is 2.75 bits per heavy atom. The summed E-state index contributed by atoms with van der Waals surface area (Å²) >= 11 is 0. The van der Waals surface area contributed by atoms with Gasteiger partial charge in [0.25, 0.3) is 0 Å². The molecule has 130 valence electrons. The molecule has 2 aromatic rings. The molecule has 0 saturated heterocycles. The van der Waals surface area contributed by atoms with Gasteiger partial charge in [-0.15, -0.1) is 0 Å². The van der Waals surface area contributed by atoms with Gasteiger partial charge in [0.2, 0.25) is 5.91 Å². The van der Waals surface area contributed by atoms with Crippen LogP contribution in [0.25, 0.3) is 5.65 Å². The first-order valence-corrected chi connectivity index (χ1v) is 8.69. The monoisotopic (exact) mass is 330 g/mol. The van der Waals surface area contributed by atoms with Crippen LogP contribution in [0, 0.1) is 20.8 Å². The number of hydrogen-bond donors (Lipinski definition) is 2. The first kappa shape index (κ1) is 16.9. The Hall–Kier alpha value is -1.95. The zero-order chi connectivity index (χ0) is 17.3. The van der Waals surface area contributed by atoms with Crippen molar-refractivity contribution in [3.63, 3.8) is 0 Å². The van der Waals surface area contributed by atoms with Gasteiger partial charge < -0.3 is 10.4 Å². The number of aromatic nitrogens is 3. The number of aryl methyl sites for hydroxylation is 3. The Bertz CT molecular complexity index is 760. The molecule has 1 aliphatic rings. The number of hydrogen-bond acceptors (Lipinski definition) is 4. The fourth-order valence-electron chi connectivity index (χ4n) is 3.60. The predicted octanol–water partition coefficient (Wildman–Crippen LogP) is 2.01. The first-order valence-electron chi connectivity index (χ1n) is 8.69. The Morgan fingerprint density at radius 2 is 2.04 bits per heavy atom. The number of rotatable bonds is 5. The highest BCUT2D eigenvalue weighted by Gasteiger charge is 2.31. The molecule has 6 nitrogen and oxygen atoms in total. The largest absolute Gasteiger partial charge is 0.388 e. The maximum Gasteiger partial charge on any atom is 0.220 e. The SMILES string of the molecule is Cc1cc2nc(C)c(CCC(=O)NCC3(O)CCCC3)c(C)n2n1. The van der Waals surface area contributed by atoms with Gasteiger partial charge in [-0.2, -0.15) is 5.10 Å². The second-order valence-corrected chi connectivity index (χ2v) is 7.03. The minimum atomic E-state index is -0.700. The maximum absolute atomic E-state index is 12.1. The van der Waals surface area contributed by atoms with E-state index in [1.54, 1.807) is 0 Å². The molecule has 0 aliphatic heterocycles. The number of amides is 1. The lowest BCUT2D eigenvalue weighted by Crippen LogP contribution is -2.40. The number of aliphatic hydroxyl groups is 1. The molecule has 2 aromatic heterocycles. The van der Waals surface area contributed by atoms with Crippen LogP contribution in [0.5, 0.6) is 0 Å². The molecule has 0 bridgehead atoms. The van der Waals surface area contributed by atoms with Crippen molar-refractivity contribution in [1.82, 2.24) is 19.9 Å². The van der Waals surface area contributed by atoms with Crippen LogP contribution in [0.4, 0.5) is 0 Å². The van der Waals surface area contributed by atoms with E-state index in [1.165, 1.54) is 0 Å². The predicted molar refractivity (Wildman–Crippen MR) is 91.9 cm³/mol. The van der Waals surface area contributed by atoms with Gasteiger partial charge in [-0.25, -0.2) is 9.50 Å². The van der Waals surface area contributed by atoms with Gasteiger partial charge in [0.15, 0.2) is 5.65 Å². The maximum atomic E-state index is 12.1. The van der Waals surface area contributed by atoms with E-state index < -0.39 is 5.60 Å². The van der Waals surface area contributed by atoms with Crippen molar-refractivity contribution in [1.29, 1.82) is 0 Å². The summed E-state index contributed by atoms with van der Waals surface area (Å²) in [7, 11) is 0. The van der Waals surface area contributed by atoms with Crippen molar-refractivity contribution in [2.45, 2.75) is 64.9 Å². The normalized spacial score (nSPS) is 16.7. The average molecular weight is 330 g/mol. The summed E-state index contributed by atoms with van der Waals surface area (Å²) in [5.74, 6) is -0.0223. The molecule has 1 saturated carbocycles. The summed E-state index contributed by atoms with van der Waals surface area (Å²) in [6, 6.07) is 1.96. The minimum absolute atomic E-state index is 0.0223. The highest BCUT2D eigenvalue weighted by atomic mass is 16.3. The zero-order valence-electron chi connectivity index (χ0n) is 14.7. The van der Waals surface area contributed by atoms with Crippen LogP contribution in [0.1, 0.15) is 54.7 Å². The van der Waals surface area contributed by atoms with Crippen LogP contribution in [-0.4, -0.2) is 37.8 Å². The molecule has 1 amide bonds. The standard InChI is InChI=1S/C18H26N4O2/c1-12-10-16-20-13(2)15(14(3)22(16)21-12)6-7-17(23)19-11-18(24)8-4-5-9-18/h10,24H,4-9,11H2,1-3H3,(H,19,23). The summed E-state index contributed by atoms with van der Waals surface area (Å²) < 4.78 is 1.84. The molecule has 24 heavy (non-hydrogen) atoms.